The van der Waals surface area contributed by atoms with Crippen LogP contribution in [0.4, 0.5) is 0 Å². The van der Waals surface area contributed by atoms with Crippen molar-refractivity contribution in [3.63, 3.8) is 0 Å². The maximum absolute atomic E-state index is 12.2. The molecule has 0 spiro atoms. The Hall–Kier alpha value is -0.710. The van der Waals surface area contributed by atoms with Crippen LogP contribution in [0.5, 0.6) is 0 Å². The van der Waals surface area contributed by atoms with Gasteiger partial charge in [0.1, 0.15) is 0 Å². The number of carbonyl (C=O) groups excluding carboxylic acids is 1. The van der Waals surface area contributed by atoms with E-state index in [2.05, 4.69) is 21.2 Å². The van der Waals surface area contributed by atoms with Crippen molar-refractivity contribution in [1.29, 1.82) is 0 Å². The predicted octanol–water partition coefficient (Wildman–Crippen LogP) is 2.06. The van der Waals surface area contributed by atoms with Crippen molar-refractivity contribution in [2.75, 3.05) is 6.54 Å². The number of β-amino-alcohol motifs (C(OH)–C–C–N with tert-alkyl or cyclic N) is 1. The first kappa shape index (κ1) is 13.7. The number of aliphatic hydroxyl groups is 1. The minimum atomic E-state index is -0.581. The van der Waals surface area contributed by atoms with Crippen LogP contribution in [-0.4, -0.2) is 29.1 Å². The van der Waals surface area contributed by atoms with Crippen molar-refractivity contribution < 1.29 is 9.90 Å². The van der Waals surface area contributed by atoms with Gasteiger partial charge in [-0.25, -0.2) is 0 Å². The van der Waals surface area contributed by atoms with Crippen molar-refractivity contribution in [3.8, 4) is 0 Å². The Morgan fingerprint density at radius 3 is 2.67 bits per heavy atom. The smallest absolute Gasteiger partial charge is 0.153 e. The first-order valence-electron chi connectivity index (χ1n) is 6.26. The summed E-state index contributed by atoms with van der Waals surface area (Å²) in [6.07, 6.45) is 1.23. The molecule has 1 unspecified atom stereocenters. The topological polar surface area (TPSA) is 49.3 Å². The van der Waals surface area contributed by atoms with Gasteiger partial charge >= 0.3 is 0 Å². The summed E-state index contributed by atoms with van der Waals surface area (Å²) in [7, 11) is 0. The van der Waals surface area contributed by atoms with E-state index < -0.39 is 11.6 Å². The monoisotopic (exact) mass is 311 g/mol. The molecule has 1 aromatic rings. The van der Waals surface area contributed by atoms with E-state index in [0.717, 1.165) is 10.0 Å². The Kier molecular flexibility index (Phi) is 4.20. The second-order valence-electron chi connectivity index (χ2n) is 4.90. The summed E-state index contributed by atoms with van der Waals surface area (Å²) in [5.74, 6) is 0.182. The van der Waals surface area contributed by atoms with Gasteiger partial charge in [0, 0.05) is 23.9 Å². The van der Waals surface area contributed by atoms with E-state index in [1.807, 2.05) is 31.2 Å². The average molecular weight is 312 g/mol. The molecule has 0 aromatic heterocycles. The van der Waals surface area contributed by atoms with Gasteiger partial charge in [-0.15, -0.1) is 0 Å². The summed E-state index contributed by atoms with van der Waals surface area (Å²) >= 11 is 3.40. The molecule has 0 aliphatic carbocycles. The normalized spacial score (nSPS) is 27.4. The molecule has 0 radical (unpaired) electrons. The molecule has 98 valence electrons. The Balaban J connectivity index is 2.20. The van der Waals surface area contributed by atoms with Crippen LogP contribution in [-0.2, 0) is 11.2 Å². The zero-order chi connectivity index (χ0) is 13.2. The van der Waals surface area contributed by atoms with Gasteiger partial charge in [-0.2, -0.15) is 0 Å². The third-order valence-corrected chi connectivity index (χ3v) is 4.06. The number of hydrogen-bond acceptors (Lipinski definition) is 3. The van der Waals surface area contributed by atoms with E-state index in [4.69, 9.17) is 0 Å². The second kappa shape index (κ2) is 5.51. The van der Waals surface area contributed by atoms with E-state index in [-0.39, 0.29) is 5.78 Å². The summed E-state index contributed by atoms with van der Waals surface area (Å²) in [5, 5.41) is 12.9. The van der Waals surface area contributed by atoms with E-state index in [1.54, 1.807) is 0 Å². The SMILES string of the molecule is CCC(=O)C1(Cc2ccc(Br)cc2)C[C@@H](O)CN1. The molecule has 1 saturated heterocycles. The largest absolute Gasteiger partial charge is 0.392 e. The highest BCUT2D eigenvalue weighted by Gasteiger charge is 2.43. The lowest BCUT2D eigenvalue weighted by atomic mass is 9.84. The molecule has 1 heterocycles. The maximum Gasteiger partial charge on any atom is 0.153 e. The summed E-state index contributed by atoms with van der Waals surface area (Å²) < 4.78 is 1.03. The number of rotatable bonds is 4. The minimum Gasteiger partial charge on any atom is -0.392 e. The number of hydrogen-bond donors (Lipinski definition) is 2. The molecular weight excluding hydrogens is 294 g/mol. The average Bonchev–Trinajstić information content (AvgIpc) is 2.74. The van der Waals surface area contributed by atoms with Crippen LogP contribution in [0, 0.1) is 0 Å². The fourth-order valence-electron chi connectivity index (χ4n) is 2.59. The number of nitrogens with one attached hydrogen (secondary N) is 1. The lowest BCUT2D eigenvalue weighted by molar-refractivity contribution is -0.124. The van der Waals surface area contributed by atoms with Crippen LogP contribution < -0.4 is 5.32 Å². The van der Waals surface area contributed by atoms with Gasteiger partial charge in [0.15, 0.2) is 5.78 Å². The third kappa shape index (κ3) is 2.82. The molecule has 1 aliphatic heterocycles. The minimum absolute atomic E-state index is 0.182. The number of halogens is 1. The van der Waals surface area contributed by atoms with Gasteiger partial charge in [-0.3, -0.25) is 4.79 Å². The molecule has 1 aliphatic rings. The van der Waals surface area contributed by atoms with Crippen LogP contribution in [0.15, 0.2) is 28.7 Å². The summed E-state index contributed by atoms with van der Waals surface area (Å²) in [5.41, 5.74) is 0.531. The lowest BCUT2D eigenvalue weighted by Gasteiger charge is -2.27. The highest BCUT2D eigenvalue weighted by molar-refractivity contribution is 9.10. The van der Waals surface area contributed by atoms with Gasteiger partial charge in [0.25, 0.3) is 0 Å². The molecule has 0 saturated carbocycles. The molecule has 2 N–H and O–H groups in total. The molecule has 1 aromatic carbocycles. The van der Waals surface area contributed by atoms with Crippen molar-refractivity contribution in [2.24, 2.45) is 0 Å². The maximum atomic E-state index is 12.2. The molecule has 4 heteroatoms. The van der Waals surface area contributed by atoms with E-state index in [1.165, 1.54) is 0 Å². The first-order chi connectivity index (χ1) is 8.55. The Labute approximate surface area is 116 Å². The zero-order valence-corrected chi connectivity index (χ0v) is 12.0. The van der Waals surface area contributed by atoms with E-state index in [9.17, 15) is 9.90 Å². The third-order valence-electron chi connectivity index (χ3n) is 3.53. The van der Waals surface area contributed by atoms with Crippen molar-refractivity contribution >= 4 is 21.7 Å². The van der Waals surface area contributed by atoms with Gasteiger partial charge in [0.2, 0.25) is 0 Å². The number of ketones is 1. The van der Waals surface area contributed by atoms with E-state index in [0.29, 0.717) is 25.8 Å². The van der Waals surface area contributed by atoms with Crippen LogP contribution in [0.3, 0.4) is 0 Å². The number of Topliss-reactive ketones (excluding diaryl/α,β-unsaturated/α-hetero) is 1. The van der Waals surface area contributed by atoms with Crippen molar-refractivity contribution in [1.82, 2.24) is 5.32 Å². The summed E-state index contributed by atoms with van der Waals surface area (Å²) in [6.45, 7) is 2.38. The molecule has 1 fully saturated rings. The molecular formula is C14H18BrNO2. The number of carbonyl (C=O) groups is 1. The molecule has 0 bridgehead atoms. The lowest BCUT2D eigenvalue weighted by Crippen LogP contribution is -2.49. The highest BCUT2D eigenvalue weighted by atomic mass is 79.9. The fourth-order valence-corrected chi connectivity index (χ4v) is 2.86. The molecule has 2 rings (SSSR count). The van der Waals surface area contributed by atoms with Crippen molar-refractivity contribution in [3.05, 3.63) is 34.3 Å². The first-order valence-corrected chi connectivity index (χ1v) is 7.06. The van der Waals surface area contributed by atoms with Crippen LogP contribution in [0.25, 0.3) is 0 Å². The standard InChI is InChI=1S/C14H18BrNO2/c1-2-13(18)14(8-12(17)9-16-14)7-10-3-5-11(15)6-4-10/h3-6,12,16-17H,2,7-9H2,1H3/t12-,14?/m1/s1. The molecule has 3 nitrogen and oxygen atoms in total. The zero-order valence-electron chi connectivity index (χ0n) is 10.4. The van der Waals surface area contributed by atoms with Gasteiger partial charge < -0.3 is 10.4 Å². The quantitative estimate of drug-likeness (QED) is 0.895. The van der Waals surface area contributed by atoms with Crippen LogP contribution in [0.2, 0.25) is 0 Å². The molecule has 18 heavy (non-hydrogen) atoms. The molecule has 0 amide bonds. The summed E-state index contributed by atoms with van der Waals surface area (Å²) in [6, 6.07) is 7.98. The van der Waals surface area contributed by atoms with Crippen molar-refractivity contribution in [2.45, 2.75) is 37.8 Å². The molecule has 2 atom stereocenters. The fraction of sp³-hybridized carbons (Fsp3) is 0.500. The number of benzene rings is 1. The van der Waals surface area contributed by atoms with Crippen LogP contribution >= 0.6 is 15.9 Å². The second-order valence-corrected chi connectivity index (χ2v) is 5.82. The van der Waals surface area contributed by atoms with Gasteiger partial charge in [-0.05, 0) is 24.1 Å². The highest BCUT2D eigenvalue weighted by Crippen LogP contribution is 2.27. The Bertz CT molecular complexity index is 432. The van der Waals surface area contributed by atoms with Gasteiger partial charge in [-0.1, -0.05) is 35.0 Å². The predicted molar refractivity (Wildman–Crippen MR) is 74.5 cm³/mol. The Morgan fingerprint density at radius 1 is 1.50 bits per heavy atom. The van der Waals surface area contributed by atoms with Gasteiger partial charge in [0.05, 0.1) is 11.6 Å². The Morgan fingerprint density at radius 2 is 2.17 bits per heavy atom. The number of aliphatic hydroxyl groups excluding tert-OH is 1. The summed E-state index contributed by atoms with van der Waals surface area (Å²) in [4.78, 5) is 12.2. The van der Waals surface area contributed by atoms with Crippen LogP contribution in [0.1, 0.15) is 25.3 Å². The van der Waals surface area contributed by atoms with E-state index >= 15 is 0 Å².